The molecule has 0 radical (unpaired) electrons. The number of carbonyl (C=O) groups excluding carboxylic acids is 1. The van der Waals surface area contributed by atoms with Crippen molar-refractivity contribution in [3.8, 4) is 0 Å². The number of ether oxygens (including phenoxy) is 1. The molecular formula is C13H20F3NO2. The number of nitrogens with one attached hydrogen (secondary N) is 1. The van der Waals surface area contributed by atoms with Crippen molar-refractivity contribution in [3.05, 3.63) is 12.2 Å². The van der Waals surface area contributed by atoms with Crippen LogP contribution in [0.25, 0.3) is 0 Å². The van der Waals surface area contributed by atoms with Gasteiger partial charge in [0.1, 0.15) is 0 Å². The first-order valence-corrected chi connectivity index (χ1v) is 6.42. The van der Waals surface area contributed by atoms with Crippen LogP contribution in [0.15, 0.2) is 12.2 Å². The van der Waals surface area contributed by atoms with Gasteiger partial charge < -0.3 is 10.1 Å². The van der Waals surface area contributed by atoms with Gasteiger partial charge in [-0.25, -0.2) is 0 Å². The molecule has 0 saturated heterocycles. The topological polar surface area (TPSA) is 38.3 Å². The van der Waals surface area contributed by atoms with E-state index in [4.69, 9.17) is 4.74 Å². The van der Waals surface area contributed by atoms with Gasteiger partial charge in [-0.15, -0.1) is 0 Å². The Hall–Kier alpha value is -1.04. The van der Waals surface area contributed by atoms with Crippen LogP contribution in [0.3, 0.4) is 0 Å². The molecular weight excluding hydrogens is 259 g/mol. The highest BCUT2D eigenvalue weighted by Crippen LogP contribution is 2.38. The maximum Gasteiger partial charge on any atom is 0.391 e. The molecule has 110 valence electrons. The molecule has 0 aliphatic heterocycles. The van der Waals surface area contributed by atoms with Crippen LogP contribution in [-0.2, 0) is 9.53 Å². The zero-order valence-corrected chi connectivity index (χ0v) is 11.1. The fourth-order valence-corrected chi connectivity index (χ4v) is 2.10. The zero-order valence-electron chi connectivity index (χ0n) is 11.1. The summed E-state index contributed by atoms with van der Waals surface area (Å²) in [4.78, 5) is 11.2. The molecule has 3 nitrogen and oxygen atoms in total. The van der Waals surface area contributed by atoms with Crippen LogP contribution < -0.4 is 5.32 Å². The number of rotatable bonds is 5. The fraction of sp³-hybridized carbons (Fsp3) is 0.769. The summed E-state index contributed by atoms with van der Waals surface area (Å²) in [6.45, 7) is 5.77. The summed E-state index contributed by atoms with van der Waals surface area (Å²) in [5.74, 6) is -1.42. The Balaban J connectivity index is 2.13. The van der Waals surface area contributed by atoms with Crippen molar-refractivity contribution in [3.63, 3.8) is 0 Å². The van der Waals surface area contributed by atoms with Crippen molar-refractivity contribution in [2.24, 2.45) is 5.92 Å². The zero-order chi connectivity index (χ0) is 14.5. The monoisotopic (exact) mass is 279 g/mol. The SMILES string of the molecule is C=C(C)C(=O)NCCOC1CCC(C(F)(F)F)CC1. The number of hydrogen-bond donors (Lipinski definition) is 1. The van der Waals surface area contributed by atoms with E-state index in [0.29, 0.717) is 31.6 Å². The van der Waals surface area contributed by atoms with E-state index in [9.17, 15) is 18.0 Å². The summed E-state index contributed by atoms with van der Waals surface area (Å²) >= 11 is 0. The molecule has 0 aromatic rings. The van der Waals surface area contributed by atoms with Crippen LogP contribution in [0.5, 0.6) is 0 Å². The van der Waals surface area contributed by atoms with E-state index in [0.717, 1.165) is 0 Å². The largest absolute Gasteiger partial charge is 0.391 e. The van der Waals surface area contributed by atoms with Crippen LogP contribution in [0.1, 0.15) is 32.6 Å². The standard InChI is InChI=1S/C13H20F3NO2/c1-9(2)12(18)17-7-8-19-11-5-3-10(4-6-11)13(14,15)16/h10-11H,1,3-8H2,2H3,(H,17,18). The van der Waals surface area contributed by atoms with Crippen molar-refractivity contribution in [1.82, 2.24) is 5.32 Å². The Bertz CT molecular complexity index is 320. The normalized spacial score (nSPS) is 24.0. The molecule has 0 unspecified atom stereocenters. The predicted octanol–water partition coefficient (Wildman–Crippen LogP) is 2.82. The number of alkyl halides is 3. The molecule has 6 heteroatoms. The fourth-order valence-electron chi connectivity index (χ4n) is 2.10. The van der Waals surface area contributed by atoms with Gasteiger partial charge >= 0.3 is 6.18 Å². The van der Waals surface area contributed by atoms with E-state index >= 15 is 0 Å². The summed E-state index contributed by atoms with van der Waals surface area (Å²) in [5, 5.41) is 2.61. The maximum atomic E-state index is 12.4. The number of amides is 1. The molecule has 0 spiro atoms. The van der Waals surface area contributed by atoms with Crippen molar-refractivity contribution in [2.75, 3.05) is 13.2 Å². The molecule has 1 amide bonds. The average molecular weight is 279 g/mol. The van der Waals surface area contributed by atoms with Gasteiger partial charge in [0.05, 0.1) is 18.6 Å². The van der Waals surface area contributed by atoms with Gasteiger partial charge in [0.15, 0.2) is 0 Å². The molecule has 1 aliphatic rings. The Morgan fingerprint density at radius 1 is 1.32 bits per heavy atom. The van der Waals surface area contributed by atoms with Crippen LogP contribution in [0, 0.1) is 5.92 Å². The second-order valence-corrected chi connectivity index (χ2v) is 4.92. The van der Waals surface area contributed by atoms with Gasteiger partial charge in [0.25, 0.3) is 0 Å². The summed E-state index contributed by atoms with van der Waals surface area (Å²) in [7, 11) is 0. The molecule has 1 fully saturated rings. The lowest BCUT2D eigenvalue weighted by Crippen LogP contribution is -2.33. The number of hydrogen-bond acceptors (Lipinski definition) is 2. The van der Waals surface area contributed by atoms with Crippen molar-refractivity contribution >= 4 is 5.91 Å². The van der Waals surface area contributed by atoms with Crippen LogP contribution in [0.2, 0.25) is 0 Å². The number of halogens is 3. The predicted molar refractivity (Wildman–Crippen MR) is 65.6 cm³/mol. The average Bonchev–Trinajstić information content (AvgIpc) is 2.33. The van der Waals surface area contributed by atoms with Crippen molar-refractivity contribution < 1.29 is 22.7 Å². The third kappa shape index (κ3) is 5.63. The minimum atomic E-state index is -4.08. The first-order chi connectivity index (χ1) is 8.80. The molecule has 1 N–H and O–H groups in total. The van der Waals surface area contributed by atoms with Gasteiger partial charge in [-0.1, -0.05) is 6.58 Å². The first-order valence-electron chi connectivity index (χ1n) is 6.42. The Morgan fingerprint density at radius 2 is 1.89 bits per heavy atom. The van der Waals surface area contributed by atoms with Gasteiger partial charge in [0, 0.05) is 12.1 Å². The minimum Gasteiger partial charge on any atom is -0.376 e. The van der Waals surface area contributed by atoms with Gasteiger partial charge in [-0.2, -0.15) is 13.2 Å². The highest BCUT2D eigenvalue weighted by Gasteiger charge is 2.41. The lowest BCUT2D eigenvalue weighted by molar-refractivity contribution is -0.187. The van der Waals surface area contributed by atoms with Crippen molar-refractivity contribution in [1.29, 1.82) is 0 Å². The smallest absolute Gasteiger partial charge is 0.376 e. The lowest BCUT2D eigenvalue weighted by atomic mass is 9.87. The molecule has 1 saturated carbocycles. The van der Waals surface area contributed by atoms with Crippen molar-refractivity contribution in [2.45, 2.75) is 44.9 Å². The molecule has 19 heavy (non-hydrogen) atoms. The quantitative estimate of drug-likeness (QED) is 0.621. The summed E-state index contributed by atoms with van der Waals surface area (Å²) in [5.41, 5.74) is 0.422. The van der Waals surface area contributed by atoms with Gasteiger partial charge in [-0.3, -0.25) is 4.79 Å². The Labute approximate surface area is 111 Å². The second kappa shape index (κ2) is 6.93. The van der Waals surface area contributed by atoms with Crippen LogP contribution in [-0.4, -0.2) is 31.3 Å². The molecule has 0 aromatic carbocycles. The summed E-state index contributed by atoms with van der Waals surface area (Å²) in [6.07, 6.45) is -3.09. The minimum absolute atomic E-state index is 0.125. The van der Waals surface area contributed by atoms with E-state index in [1.807, 2.05) is 0 Å². The first kappa shape index (κ1) is 16.0. The lowest BCUT2D eigenvalue weighted by Gasteiger charge is -2.29. The highest BCUT2D eigenvalue weighted by molar-refractivity contribution is 5.91. The number of carbonyl (C=O) groups is 1. The van der Waals surface area contributed by atoms with Crippen LogP contribution >= 0.6 is 0 Å². The summed E-state index contributed by atoms with van der Waals surface area (Å²) in [6, 6.07) is 0. The molecule has 0 heterocycles. The third-order valence-corrected chi connectivity index (χ3v) is 3.27. The van der Waals surface area contributed by atoms with Gasteiger partial charge in [-0.05, 0) is 32.6 Å². The third-order valence-electron chi connectivity index (χ3n) is 3.27. The van der Waals surface area contributed by atoms with E-state index in [2.05, 4.69) is 11.9 Å². The Morgan fingerprint density at radius 3 is 2.37 bits per heavy atom. The molecule has 0 bridgehead atoms. The molecule has 1 rings (SSSR count). The highest BCUT2D eigenvalue weighted by atomic mass is 19.4. The molecule has 0 atom stereocenters. The maximum absolute atomic E-state index is 12.4. The van der Waals surface area contributed by atoms with E-state index in [1.54, 1.807) is 6.92 Å². The van der Waals surface area contributed by atoms with E-state index in [1.165, 1.54) is 0 Å². The van der Waals surface area contributed by atoms with Crippen LogP contribution in [0.4, 0.5) is 13.2 Å². The Kier molecular flexibility index (Phi) is 5.85. The second-order valence-electron chi connectivity index (χ2n) is 4.92. The molecule has 1 aliphatic carbocycles. The van der Waals surface area contributed by atoms with Gasteiger partial charge in [0.2, 0.25) is 5.91 Å². The van der Waals surface area contributed by atoms with E-state index < -0.39 is 12.1 Å². The molecule has 0 aromatic heterocycles. The summed E-state index contributed by atoms with van der Waals surface area (Å²) < 4.78 is 42.8. The van der Waals surface area contributed by atoms with E-state index in [-0.39, 0.29) is 24.9 Å².